The molecular formula is C28H37N7O2. The van der Waals surface area contributed by atoms with E-state index in [0.29, 0.717) is 13.2 Å². The van der Waals surface area contributed by atoms with Gasteiger partial charge in [0.15, 0.2) is 0 Å². The van der Waals surface area contributed by atoms with E-state index in [1.165, 1.54) is 0 Å². The first-order valence-corrected chi connectivity index (χ1v) is 13.4. The van der Waals surface area contributed by atoms with Gasteiger partial charge in [-0.2, -0.15) is 10.2 Å². The molecule has 2 saturated heterocycles. The monoisotopic (exact) mass is 503 g/mol. The van der Waals surface area contributed by atoms with Crippen LogP contribution in [0, 0.1) is 6.92 Å². The largest absolute Gasteiger partial charge is 0.377 e. The summed E-state index contributed by atoms with van der Waals surface area (Å²) in [5.74, 6) is 0.924. The van der Waals surface area contributed by atoms with Crippen LogP contribution in [0.25, 0.3) is 33.5 Å². The number of hydrogen-bond acceptors (Lipinski definition) is 7. The maximum atomic E-state index is 5.94. The Kier molecular flexibility index (Phi) is 7.53. The summed E-state index contributed by atoms with van der Waals surface area (Å²) in [7, 11) is 1.97. The van der Waals surface area contributed by atoms with Crippen LogP contribution in [0.5, 0.6) is 0 Å². The fraction of sp³-hybridized carbons (Fsp3) is 0.500. The van der Waals surface area contributed by atoms with Crippen molar-refractivity contribution in [2.45, 2.75) is 59.2 Å². The molecule has 0 amide bonds. The SMILES string of the molecule is CC.Cc1ccc(-c2cc(N3CCOCC3C)nc3c(-c4ccn(C5CCCCO5)n4)nn(C)c23)cn1. The van der Waals surface area contributed by atoms with Crippen LogP contribution >= 0.6 is 0 Å². The standard InChI is InChI=1S/C26H31N7O2.C2H6/c1-17-7-8-19(15-27-17)20-14-22(32-11-13-34-16-18(32)2)28-25-24(30-31(3)26(20)25)21-9-10-33(29-21)23-6-4-5-12-35-23;1-2/h7-10,14-15,18,23H,4-6,11-13,16H2,1-3H3;1-2H3. The number of morpholine rings is 1. The molecule has 2 fully saturated rings. The number of rotatable bonds is 4. The average Bonchev–Trinajstić information content (AvgIpc) is 3.56. The first-order valence-electron chi connectivity index (χ1n) is 13.4. The summed E-state index contributed by atoms with van der Waals surface area (Å²) in [6.45, 7) is 11.1. The third-order valence-electron chi connectivity index (χ3n) is 6.96. The van der Waals surface area contributed by atoms with E-state index in [-0.39, 0.29) is 12.3 Å². The molecule has 4 aromatic heterocycles. The van der Waals surface area contributed by atoms with Crippen molar-refractivity contribution in [1.82, 2.24) is 29.5 Å². The maximum absolute atomic E-state index is 5.94. The zero-order valence-electron chi connectivity index (χ0n) is 22.5. The molecule has 6 rings (SSSR count). The van der Waals surface area contributed by atoms with Crippen LogP contribution in [0.4, 0.5) is 5.82 Å². The minimum absolute atomic E-state index is 0.0145. The van der Waals surface area contributed by atoms with Gasteiger partial charge in [-0.05, 0) is 51.3 Å². The number of aromatic nitrogens is 6. The summed E-state index contributed by atoms with van der Waals surface area (Å²) in [4.78, 5) is 12.0. The van der Waals surface area contributed by atoms with Crippen molar-refractivity contribution < 1.29 is 9.47 Å². The zero-order chi connectivity index (χ0) is 25.9. The van der Waals surface area contributed by atoms with Crippen molar-refractivity contribution in [2.24, 2.45) is 7.05 Å². The number of nitrogens with zero attached hydrogens (tertiary/aromatic N) is 7. The van der Waals surface area contributed by atoms with E-state index in [9.17, 15) is 0 Å². The van der Waals surface area contributed by atoms with Crippen LogP contribution in [0.3, 0.4) is 0 Å². The van der Waals surface area contributed by atoms with Crippen LogP contribution in [0.2, 0.25) is 0 Å². The zero-order valence-corrected chi connectivity index (χ0v) is 22.5. The third-order valence-corrected chi connectivity index (χ3v) is 6.96. The van der Waals surface area contributed by atoms with E-state index in [2.05, 4.69) is 28.9 Å². The van der Waals surface area contributed by atoms with Gasteiger partial charge in [-0.25, -0.2) is 9.67 Å². The summed E-state index contributed by atoms with van der Waals surface area (Å²) < 4.78 is 15.5. The fourth-order valence-electron chi connectivity index (χ4n) is 5.06. The summed E-state index contributed by atoms with van der Waals surface area (Å²) in [6.07, 6.45) is 7.15. The predicted octanol–water partition coefficient (Wildman–Crippen LogP) is 5.15. The molecule has 2 aliphatic rings. The summed E-state index contributed by atoms with van der Waals surface area (Å²) in [6, 6.07) is 8.57. The van der Waals surface area contributed by atoms with Crippen LogP contribution in [-0.4, -0.2) is 61.9 Å². The molecule has 9 nitrogen and oxygen atoms in total. The number of fused-ring (bicyclic) bond motifs is 1. The number of pyridine rings is 2. The highest BCUT2D eigenvalue weighted by Gasteiger charge is 2.26. The highest BCUT2D eigenvalue weighted by atomic mass is 16.5. The average molecular weight is 504 g/mol. The van der Waals surface area contributed by atoms with Gasteiger partial charge in [0.1, 0.15) is 29.0 Å². The number of anilines is 1. The lowest BCUT2D eigenvalue weighted by atomic mass is 10.0. The Balaban J connectivity index is 0.00000137. The van der Waals surface area contributed by atoms with Gasteiger partial charge in [0.2, 0.25) is 0 Å². The molecule has 0 aliphatic carbocycles. The summed E-state index contributed by atoms with van der Waals surface area (Å²) in [5, 5.41) is 9.77. The second-order valence-corrected chi connectivity index (χ2v) is 9.51. The topological polar surface area (TPSA) is 83.1 Å². The van der Waals surface area contributed by atoms with Crippen molar-refractivity contribution in [2.75, 3.05) is 31.3 Å². The van der Waals surface area contributed by atoms with E-state index in [1.54, 1.807) is 0 Å². The maximum Gasteiger partial charge on any atom is 0.150 e. The van der Waals surface area contributed by atoms with Gasteiger partial charge < -0.3 is 14.4 Å². The molecule has 0 saturated carbocycles. The lowest BCUT2D eigenvalue weighted by Gasteiger charge is -2.34. The Morgan fingerprint density at radius 1 is 1.05 bits per heavy atom. The van der Waals surface area contributed by atoms with Gasteiger partial charge in [0, 0.05) is 49.4 Å². The van der Waals surface area contributed by atoms with Gasteiger partial charge >= 0.3 is 0 Å². The minimum atomic E-state index is -0.0145. The Morgan fingerprint density at radius 2 is 1.92 bits per heavy atom. The predicted molar refractivity (Wildman–Crippen MR) is 146 cm³/mol. The summed E-state index contributed by atoms with van der Waals surface area (Å²) >= 11 is 0. The van der Waals surface area contributed by atoms with Gasteiger partial charge in [-0.3, -0.25) is 9.67 Å². The Bertz CT molecular complexity index is 1340. The highest BCUT2D eigenvalue weighted by Crippen LogP contribution is 2.36. The number of ether oxygens (including phenoxy) is 2. The van der Waals surface area contributed by atoms with Crippen molar-refractivity contribution in [3.63, 3.8) is 0 Å². The molecule has 0 N–H and O–H groups in total. The smallest absolute Gasteiger partial charge is 0.150 e. The van der Waals surface area contributed by atoms with Crippen LogP contribution < -0.4 is 4.90 Å². The molecule has 0 spiro atoms. The van der Waals surface area contributed by atoms with E-state index < -0.39 is 0 Å². The van der Waals surface area contributed by atoms with Crippen molar-refractivity contribution in [3.8, 4) is 22.5 Å². The van der Waals surface area contributed by atoms with Crippen LogP contribution in [-0.2, 0) is 16.5 Å². The quantitative estimate of drug-likeness (QED) is 0.381. The van der Waals surface area contributed by atoms with Crippen molar-refractivity contribution in [3.05, 3.63) is 42.4 Å². The number of aryl methyl sites for hydroxylation is 2. The molecule has 2 atom stereocenters. The first-order chi connectivity index (χ1) is 18.1. The minimum Gasteiger partial charge on any atom is -0.377 e. The molecule has 9 heteroatoms. The first kappa shape index (κ1) is 25.4. The normalized spacial score (nSPS) is 20.1. The summed E-state index contributed by atoms with van der Waals surface area (Å²) in [5.41, 5.74) is 6.49. The Morgan fingerprint density at radius 3 is 2.65 bits per heavy atom. The van der Waals surface area contributed by atoms with Gasteiger partial charge in [-0.15, -0.1) is 0 Å². The van der Waals surface area contributed by atoms with Crippen molar-refractivity contribution in [1.29, 1.82) is 0 Å². The lowest BCUT2D eigenvalue weighted by molar-refractivity contribution is -0.0393. The molecule has 2 aliphatic heterocycles. The van der Waals surface area contributed by atoms with Crippen LogP contribution in [0.15, 0.2) is 36.7 Å². The molecule has 4 aromatic rings. The Hall–Kier alpha value is -3.30. The second kappa shape index (κ2) is 11.0. The number of hydrogen-bond donors (Lipinski definition) is 0. The highest BCUT2D eigenvalue weighted by molar-refractivity contribution is 6.00. The third kappa shape index (κ3) is 4.98. The van der Waals surface area contributed by atoms with Gasteiger partial charge in [-0.1, -0.05) is 19.9 Å². The molecule has 2 unspecified atom stereocenters. The molecule has 0 radical (unpaired) electrons. The van der Waals surface area contributed by atoms with E-state index in [1.807, 2.05) is 61.7 Å². The fourth-order valence-corrected chi connectivity index (χ4v) is 5.06. The Labute approximate surface area is 218 Å². The molecule has 6 heterocycles. The molecular weight excluding hydrogens is 466 g/mol. The molecule has 0 bridgehead atoms. The molecule has 0 aromatic carbocycles. The molecule has 37 heavy (non-hydrogen) atoms. The molecule has 196 valence electrons. The van der Waals surface area contributed by atoms with E-state index in [0.717, 1.165) is 77.5 Å². The van der Waals surface area contributed by atoms with Crippen molar-refractivity contribution >= 4 is 16.9 Å². The van der Waals surface area contributed by atoms with Crippen LogP contribution in [0.1, 0.15) is 52.0 Å². The lowest BCUT2D eigenvalue weighted by Crippen LogP contribution is -2.44. The van der Waals surface area contributed by atoms with Gasteiger partial charge in [0.05, 0.1) is 24.8 Å². The van der Waals surface area contributed by atoms with E-state index in [4.69, 9.17) is 24.7 Å². The second-order valence-electron chi connectivity index (χ2n) is 9.51. The van der Waals surface area contributed by atoms with E-state index >= 15 is 0 Å². The van der Waals surface area contributed by atoms with Gasteiger partial charge in [0.25, 0.3) is 0 Å².